The van der Waals surface area contributed by atoms with E-state index in [1.165, 1.54) is 6.20 Å². The Hall–Kier alpha value is -2.89. The summed E-state index contributed by atoms with van der Waals surface area (Å²) in [5.74, 6) is -0.327. The van der Waals surface area contributed by atoms with Crippen molar-refractivity contribution in [3.63, 3.8) is 0 Å². The predicted molar refractivity (Wildman–Crippen MR) is 72.7 cm³/mol. The van der Waals surface area contributed by atoms with Crippen LogP contribution in [0.15, 0.2) is 42.7 Å². The van der Waals surface area contributed by atoms with Crippen LogP contribution in [0.3, 0.4) is 0 Å². The van der Waals surface area contributed by atoms with Gasteiger partial charge in [-0.15, -0.1) is 0 Å². The van der Waals surface area contributed by atoms with Crippen LogP contribution in [-0.4, -0.2) is 21.1 Å². The first-order chi connectivity index (χ1) is 9.25. The molecule has 0 saturated heterocycles. The fourth-order valence-corrected chi connectivity index (χ4v) is 1.87. The van der Waals surface area contributed by atoms with Gasteiger partial charge in [0.1, 0.15) is 5.69 Å². The molecule has 3 rings (SSSR count). The van der Waals surface area contributed by atoms with Gasteiger partial charge >= 0.3 is 0 Å². The minimum Gasteiger partial charge on any atom is -0.396 e. The molecule has 6 heteroatoms. The number of H-pyrrole nitrogens is 1. The van der Waals surface area contributed by atoms with E-state index in [1.54, 1.807) is 6.20 Å². The van der Waals surface area contributed by atoms with E-state index in [-0.39, 0.29) is 11.6 Å². The van der Waals surface area contributed by atoms with Crippen LogP contribution >= 0.6 is 0 Å². The third-order valence-electron chi connectivity index (χ3n) is 2.79. The third kappa shape index (κ3) is 1.99. The van der Waals surface area contributed by atoms with Gasteiger partial charge < -0.3 is 11.1 Å². The minimum atomic E-state index is -0.327. The van der Waals surface area contributed by atoms with Crippen molar-refractivity contribution in [3.8, 4) is 0 Å². The van der Waals surface area contributed by atoms with Gasteiger partial charge in [0.05, 0.1) is 23.1 Å². The van der Waals surface area contributed by atoms with E-state index in [0.717, 1.165) is 10.9 Å². The van der Waals surface area contributed by atoms with Crippen LogP contribution in [0.1, 0.15) is 10.5 Å². The highest BCUT2D eigenvalue weighted by Crippen LogP contribution is 2.22. The fourth-order valence-electron chi connectivity index (χ4n) is 1.87. The lowest BCUT2D eigenvalue weighted by Gasteiger charge is -2.07. The summed E-state index contributed by atoms with van der Waals surface area (Å²) < 4.78 is 0. The molecular formula is C13H11N5O. The molecule has 0 radical (unpaired) electrons. The number of aromatic amines is 1. The molecule has 0 unspecified atom stereocenters. The normalized spacial score (nSPS) is 10.5. The van der Waals surface area contributed by atoms with Crippen molar-refractivity contribution in [2.45, 2.75) is 0 Å². The summed E-state index contributed by atoms with van der Waals surface area (Å²) in [6.45, 7) is 0. The standard InChI is InChI=1S/C13H11N5O/c14-9-7-16-18-12(9)13(19)17-11-5-1-4-10-8(11)3-2-6-15-10/h1-7H,14H2,(H,16,18)(H,17,19). The number of rotatable bonds is 2. The van der Waals surface area contributed by atoms with Gasteiger partial charge in [0, 0.05) is 11.6 Å². The molecule has 1 amide bonds. The molecule has 0 fully saturated rings. The summed E-state index contributed by atoms with van der Waals surface area (Å²) in [6.07, 6.45) is 3.11. The van der Waals surface area contributed by atoms with Crippen molar-refractivity contribution in [2.24, 2.45) is 0 Å². The second-order valence-corrected chi connectivity index (χ2v) is 4.03. The van der Waals surface area contributed by atoms with E-state index in [9.17, 15) is 4.79 Å². The number of nitrogens with one attached hydrogen (secondary N) is 2. The Morgan fingerprint density at radius 1 is 1.26 bits per heavy atom. The zero-order chi connectivity index (χ0) is 13.2. The van der Waals surface area contributed by atoms with Crippen LogP contribution in [-0.2, 0) is 0 Å². The molecule has 4 N–H and O–H groups in total. The molecule has 0 aliphatic carbocycles. The van der Waals surface area contributed by atoms with E-state index in [2.05, 4.69) is 20.5 Å². The molecule has 6 nitrogen and oxygen atoms in total. The molecule has 0 atom stereocenters. The highest BCUT2D eigenvalue weighted by molar-refractivity contribution is 6.09. The van der Waals surface area contributed by atoms with E-state index < -0.39 is 0 Å². The van der Waals surface area contributed by atoms with Crippen molar-refractivity contribution in [1.29, 1.82) is 0 Å². The summed E-state index contributed by atoms with van der Waals surface area (Å²) >= 11 is 0. The first-order valence-corrected chi connectivity index (χ1v) is 5.69. The maximum Gasteiger partial charge on any atom is 0.275 e. The van der Waals surface area contributed by atoms with E-state index >= 15 is 0 Å². The Balaban J connectivity index is 1.98. The van der Waals surface area contributed by atoms with Crippen LogP contribution in [0.4, 0.5) is 11.4 Å². The molecule has 19 heavy (non-hydrogen) atoms. The Bertz CT molecular complexity index is 744. The van der Waals surface area contributed by atoms with E-state index in [1.807, 2.05) is 30.3 Å². The van der Waals surface area contributed by atoms with Crippen LogP contribution in [0, 0.1) is 0 Å². The topological polar surface area (TPSA) is 96.7 Å². The monoisotopic (exact) mass is 253 g/mol. The zero-order valence-corrected chi connectivity index (χ0v) is 9.92. The molecule has 0 saturated carbocycles. The predicted octanol–water partition coefficient (Wildman–Crippen LogP) is 1.79. The molecule has 94 valence electrons. The Morgan fingerprint density at radius 2 is 2.16 bits per heavy atom. The lowest BCUT2D eigenvalue weighted by Crippen LogP contribution is -2.14. The smallest absolute Gasteiger partial charge is 0.275 e. The third-order valence-corrected chi connectivity index (χ3v) is 2.79. The SMILES string of the molecule is Nc1cn[nH]c1C(=O)Nc1cccc2ncccc12. The van der Waals surface area contributed by atoms with E-state index in [4.69, 9.17) is 5.73 Å². The van der Waals surface area contributed by atoms with Gasteiger partial charge in [-0.2, -0.15) is 5.10 Å². The van der Waals surface area contributed by atoms with Crippen molar-refractivity contribution in [1.82, 2.24) is 15.2 Å². The molecule has 0 spiro atoms. The molecule has 0 aliphatic rings. The van der Waals surface area contributed by atoms with Crippen LogP contribution in [0.25, 0.3) is 10.9 Å². The Kier molecular flexibility index (Phi) is 2.60. The second kappa shape index (κ2) is 4.41. The number of hydrogen-bond donors (Lipinski definition) is 3. The first kappa shape index (κ1) is 11.2. The van der Waals surface area contributed by atoms with Crippen LogP contribution in [0.5, 0.6) is 0 Å². The van der Waals surface area contributed by atoms with Gasteiger partial charge in [-0.1, -0.05) is 6.07 Å². The summed E-state index contributed by atoms with van der Waals surface area (Å²) in [5.41, 5.74) is 7.71. The second-order valence-electron chi connectivity index (χ2n) is 4.03. The van der Waals surface area contributed by atoms with Gasteiger partial charge in [-0.05, 0) is 24.3 Å². The van der Waals surface area contributed by atoms with Gasteiger partial charge in [-0.25, -0.2) is 0 Å². The van der Waals surface area contributed by atoms with Gasteiger partial charge in [-0.3, -0.25) is 14.9 Å². The highest BCUT2D eigenvalue weighted by atomic mass is 16.2. The summed E-state index contributed by atoms with van der Waals surface area (Å²) in [7, 11) is 0. The fraction of sp³-hybridized carbons (Fsp3) is 0. The Labute approximate surface area is 108 Å². The molecule has 0 bridgehead atoms. The first-order valence-electron chi connectivity index (χ1n) is 5.69. The molecule has 0 aliphatic heterocycles. The number of nitrogen functional groups attached to an aromatic ring is 1. The lowest BCUT2D eigenvalue weighted by molar-refractivity contribution is 0.102. The number of amides is 1. The highest BCUT2D eigenvalue weighted by Gasteiger charge is 2.13. The van der Waals surface area contributed by atoms with Gasteiger partial charge in [0.2, 0.25) is 0 Å². The zero-order valence-electron chi connectivity index (χ0n) is 9.92. The summed E-state index contributed by atoms with van der Waals surface area (Å²) in [6, 6.07) is 9.25. The minimum absolute atomic E-state index is 0.251. The molecule has 3 aromatic rings. The maximum absolute atomic E-state index is 12.1. The van der Waals surface area contributed by atoms with Crippen LogP contribution in [0.2, 0.25) is 0 Å². The number of nitrogens with zero attached hydrogens (tertiary/aromatic N) is 2. The number of nitrogens with two attached hydrogens (primary N) is 1. The molecule has 1 aromatic carbocycles. The quantitative estimate of drug-likeness (QED) is 0.648. The summed E-state index contributed by atoms with van der Waals surface area (Å²) in [4.78, 5) is 16.3. The number of carbonyl (C=O) groups excluding carboxylic acids is 1. The number of anilines is 2. The Morgan fingerprint density at radius 3 is 2.95 bits per heavy atom. The molecule has 2 aromatic heterocycles. The van der Waals surface area contributed by atoms with Crippen molar-refractivity contribution in [2.75, 3.05) is 11.1 Å². The van der Waals surface area contributed by atoms with Gasteiger partial charge in [0.15, 0.2) is 0 Å². The van der Waals surface area contributed by atoms with E-state index in [0.29, 0.717) is 11.4 Å². The maximum atomic E-state index is 12.1. The van der Waals surface area contributed by atoms with Gasteiger partial charge in [0.25, 0.3) is 5.91 Å². The number of aromatic nitrogens is 3. The number of pyridine rings is 1. The van der Waals surface area contributed by atoms with Crippen molar-refractivity contribution >= 4 is 28.2 Å². The molecular weight excluding hydrogens is 242 g/mol. The van der Waals surface area contributed by atoms with Crippen LogP contribution < -0.4 is 11.1 Å². The number of carbonyl (C=O) groups is 1. The average Bonchev–Trinajstić information content (AvgIpc) is 2.85. The average molecular weight is 253 g/mol. The summed E-state index contributed by atoms with van der Waals surface area (Å²) in [5, 5.41) is 9.96. The molecule has 2 heterocycles. The number of fused-ring (bicyclic) bond motifs is 1. The van der Waals surface area contributed by atoms with Crippen molar-refractivity contribution < 1.29 is 4.79 Å². The number of benzene rings is 1. The largest absolute Gasteiger partial charge is 0.396 e. The van der Waals surface area contributed by atoms with Crippen molar-refractivity contribution in [3.05, 3.63) is 48.4 Å². The number of hydrogen-bond acceptors (Lipinski definition) is 4. The lowest BCUT2D eigenvalue weighted by atomic mass is 10.2.